The van der Waals surface area contributed by atoms with Gasteiger partial charge in [-0.2, -0.15) is 0 Å². The molecular weight excluding hydrogens is 456 g/mol. The minimum atomic E-state index is -3.82. The van der Waals surface area contributed by atoms with Crippen molar-refractivity contribution in [2.24, 2.45) is 0 Å². The number of nitrogens with one attached hydrogen (secondary N) is 1. The molecule has 176 valence electrons. The van der Waals surface area contributed by atoms with Gasteiger partial charge >= 0.3 is 13.4 Å². The molecule has 0 bridgehead atoms. The van der Waals surface area contributed by atoms with E-state index in [9.17, 15) is 28.4 Å². The number of rotatable bonds is 9. The molecule has 31 heavy (non-hydrogen) atoms. The fraction of sp³-hybridized carbons (Fsp3) is 0.706. The molecule has 1 aliphatic heterocycles. The monoisotopic (exact) mass is 483 g/mol. The Labute approximate surface area is 182 Å². The molecule has 0 aliphatic carbocycles. The largest absolute Gasteiger partial charge is 0.407 e. The zero-order chi connectivity index (χ0) is 23.6. The topological polar surface area (TPSA) is 140 Å². The predicted octanol–water partition coefficient (Wildman–Crippen LogP) is 0.814. The molecule has 0 amide bonds. The molecule has 2 N–H and O–H groups in total. The average Bonchev–Trinajstić information content (AvgIpc) is 2.89. The molecule has 0 radical (unpaired) electrons. The van der Waals surface area contributed by atoms with Gasteiger partial charge in [0.1, 0.15) is 11.7 Å². The highest BCUT2D eigenvalue weighted by Crippen LogP contribution is 2.51. The summed E-state index contributed by atoms with van der Waals surface area (Å²) in [4.78, 5) is 36.7. The number of alkyl halides is 1. The highest BCUT2D eigenvalue weighted by Gasteiger charge is 2.55. The normalized spacial score (nSPS) is 28.1. The van der Waals surface area contributed by atoms with Crippen LogP contribution in [-0.4, -0.2) is 75.4 Å². The van der Waals surface area contributed by atoms with Gasteiger partial charge in [0.2, 0.25) is 0 Å². The Morgan fingerprint density at radius 2 is 2.10 bits per heavy atom. The number of halogens is 1. The maximum absolute atomic E-state index is 15.0. The number of aromatic amines is 1. The van der Waals surface area contributed by atoms with Crippen LogP contribution in [0, 0.1) is 6.92 Å². The molecule has 2 rings (SSSR count). The van der Waals surface area contributed by atoms with E-state index in [0.29, 0.717) is 0 Å². The van der Waals surface area contributed by atoms with Crippen molar-refractivity contribution >= 4 is 24.6 Å². The van der Waals surface area contributed by atoms with Crippen molar-refractivity contribution in [3.8, 4) is 0 Å². The maximum atomic E-state index is 15.0. The first-order chi connectivity index (χ1) is 14.3. The van der Waals surface area contributed by atoms with Crippen LogP contribution in [0.4, 0.5) is 4.39 Å². The first kappa shape index (κ1) is 25.9. The number of carbonyl (C=O) groups is 1. The second-order valence-corrected chi connectivity index (χ2v) is 10.9. The Bertz CT molecular complexity index is 965. The molecule has 1 saturated heterocycles. The van der Waals surface area contributed by atoms with Crippen LogP contribution in [0.5, 0.6) is 0 Å². The molecule has 5 atom stereocenters. The number of aliphatic hydroxyl groups is 1. The van der Waals surface area contributed by atoms with Gasteiger partial charge in [0, 0.05) is 24.4 Å². The second-order valence-electron chi connectivity index (χ2n) is 7.41. The molecule has 2 heterocycles. The lowest BCUT2D eigenvalue weighted by atomic mass is 9.96. The summed E-state index contributed by atoms with van der Waals surface area (Å²) in [7, 11) is -0.908. The molecule has 2 unspecified atom stereocenters. The Kier molecular flexibility index (Phi) is 8.42. The number of hydrogen-bond donors (Lipinski definition) is 2. The Hall–Kier alpha value is -1.34. The smallest absolute Gasteiger partial charge is 0.384 e. The van der Waals surface area contributed by atoms with Gasteiger partial charge in [0.15, 0.2) is 17.5 Å². The van der Waals surface area contributed by atoms with Crippen molar-refractivity contribution in [3.05, 3.63) is 32.6 Å². The second kappa shape index (κ2) is 10.1. The van der Waals surface area contributed by atoms with E-state index in [1.807, 2.05) is 4.98 Å². The minimum Gasteiger partial charge on any atom is -0.384 e. The summed E-state index contributed by atoms with van der Waals surface area (Å²) >= 11 is 0.998. The maximum Gasteiger partial charge on any atom is 0.407 e. The summed E-state index contributed by atoms with van der Waals surface area (Å²) in [5.74, 6) is 0.261. The first-order valence-corrected chi connectivity index (χ1v) is 11.8. The number of nitrogens with zero attached hydrogens (tertiary/aromatic N) is 2. The van der Waals surface area contributed by atoms with Crippen molar-refractivity contribution < 1.29 is 32.6 Å². The van der Waals surface area contributed by atoms with Gasteiger partial charge in [-0.15, -0.1) is 0 Å². The van der Waals surface area contributed by atoms with Crippen LogP contribution in [0.2, 0.25) is 0 Å². The third-order valence-corrected chi connectivity index (χ3v) is 7.45. The van der Waals surface area contributed by atoms with Gasteiger partial charge in [0.25, 0.3) is 5.56 Å². The number of aromatic nitrogens is 2. The lowest BCUT2D eigenvalue weighted by Crippen LogP contribution is -2.45. The Balaban J connectivity index is 2.14. The minimum absolute atomic E-state index is 0.0397. The van der Waals surface area contributed by atoms with E-state index in [0.717, 1.165) is 22.5 Å². The fourth-order valence-corrected chi connectivity index (χ4v) is 4.56. The van der Waals surface area contributed by atoms with E-state index < -0.39 is 49.7 Å². The first-order valence-electron chi connectivity index (χ1n) is 9.34. The number of H-pyrrole nitrogens is 1. The van der Waals surface area contributed by atoms with Crippen LogP contribution in [0.3, 0.4) is 0 Å². The van der Waals surface area contributed by atoms with Crippen LogP contribution < -0.4 is 11.2 Å². The third kappa shape index (κ3) is 5.92. The van der Waals surface area contributed by atoms with E-state index in [2.05, 4.69) is 0 Å². The van der Waals surface area contributed by atoms with Crippen molar-refractivity contribution in [2.75, 3.05) is 33.1 Å². The van der Waals surface area contributed by atoms with E-state index in [1.165, 1.54) is 39.5 Å². The number of thioether (sulfide) groups is 1. The summed E-state index contributed by atoms with van der Waals surface area (Å²) in [6.45, 7) is 3.45. The third-order valence-electron chi connectivity index (χ3n) is 4.71. The van der Waals surface area contributed by atoms with Crippen LogP contribution in [0.25, 0.3) is 0 Å². The molecule has 1 aromatic rings. The Morgan fingerprint density at radius 1 is 1.45 bits per heavy atom. The average molecular weight is 483 g/mol. The predicted molar refractivity (Wildman–Crippen MR) is 112 cm³/mol. The van der Waals surface area contributed by atoms with Gasteiger partial charge in [-0.05, 0) is 27.9 Å². The molecular formula is C17H27FN3O8PS. The summed E-state index contributed by atoms with van der Waals surface area (Å²) in [5, 5.41) is 10.5. The lowest BCUT2D eigenvalue weighted by molar-refractivity contribution is -0.109. The van der Waals surface area contributed by atoms with Crippen LogP contribution in [0.1, 0.15) is 25.6 Å². The van der Waals surface area contributed by atoms with Crippen LogP contribution in [0.15, 0.2) is 15.8 Å². The summed E-state index contributed by atoms with van der Waals surface area (Å²) in [6, 6.07) is 0. The van der Waals surface area contributed by atoms with Gasteiger partial charge in [-0.25, -0.2) is 18.4 Å². The van der Waals surface area contributed by atoms with Gasteiger partial charge in [0.05, 0.1) is 13.2 Å². The summed E-state index contributed by atoms with van der Waals surface area (Å²) in [5.41, 5.74) is -3.45. The Morgan fingerprint density at radius 3 is 2.68 bits per heavy atom. The quantitative estimate of drug-likeness (QED) is 0.383. The molecule has 1 aromatic heterocycles. The van der Waals surface area contributed by atoms with Crippen molar-refractivity contribution in [3.63, 3.8) is 0 Å². The van der Waals surface area contributed by atoms with Gasteiger partial charge < -0.3 is 9.84 Å². The van der Waals surface area contributed by atoms with Crippen LogP contribution in [-0.2, 0) is 23.1 Å². The molecule has 0 saturated carbocycles. The van der Waals surface area contributed by atoms with E-state index in [1.54, 1.807) is 0 Å². The van der Waals surface area contributed by atoms with E-state index >= 15 is 0 Å². The molecule has 1 fully saturated rings. The van der Waals surface area contributed by atoms with Crippen molar-refractivity contribution in [1.29, 1.82) is 0 Å². The standard InChI is InChI=1S/C17H27FN3O8PS/c1-10-8-21(16(24)19-14(10)23)15-13(18)17(3,25)12(29-15)9-28-30(26,20(4)5)27-6-7-31-11(2)22/h8,12-13,15,25H,6-7,9H2,1-5H3,(H,19,23,24)/t12-,13-,15-,17?,30?/m1/s1. The molecule has 0 spiro atoms. The number of ether oxygens (including phenoxy) is 1. The zero-order valence-corrected chi connectivity index (χ0v) is 19.6. The van der Waals surface area contributed by atoms with Gasteiger partial charge in [-0.1, -0.05) is 11.8 Å². The van der Waals surface area contributed by atoms with Crippen LogP contribution >= 0.6 is 19.5 Å². The van der Waals surface area contributed by atoms with Crippen molar-refractivity contribution in [2.45, 2.75) is 44.9 Å². The van der Waals surface area contributed by atoms with Crippen molar-refractivity contribution in [1.82, 2.24) is 14.2 Å². The highest BCUT2D eigenvalue weighted by molar-refractivity contribution is 8.13. The zero-order valence-electron chi connectivity index (χ0n) is 17.9. The number of hydrogen-bond acceptors (Lipinski definition) is 9. The highest BCUT2D eigenvalue weighted by atomic mass is 32.2. The molecule has 0 aromatic carbocycles. The van der Waals surface area contributed by atoms with E-state index in [4.69, 9.17) is 13.8 Å². The van der Waals surface area contributed by atoms with E-state index in [-0.39, 0.29) is 23.0 Å². The fourth-order valence-electron chi connectivity index (χ4n) is 2.80. The molecule has 14 heteroatoms. The van der Waals surface area contributed by atoms with Gasteiger partial charge in [-0.3, -0.25) is 28.2 Å². The number of aryl methyl sites for hydroxylation is 1. The summed E-state index contributed by atoms with van der Waals surface area (Å²) < 4.78 is 46.2. The molecule has 1 aliphatic rings. The SMILES string of the molecule is CC(=O)SCCOP(=O)(OC[C@H]1O[C@@H](n2cc(C)c(=O)[nH]c2=O)[C@@H](F)C1(C)O)N(C)C. The molecule has 11 nitrogen and oxygen atoms in total. The summed E-state index contributed by atoms with van der Waals surface area (Å²) in [6.07, 6.45) is -3.73. The lowest BCUT2D eigenvalue weighted by Gasteiger charge is -2.28. The number of carbonyl (C=O) groups excluding carboxylic acids is 1.